The Morgan fingerprint density at radius 2 is 1.62 bits per heavy atom. The van der Waals surface area contributed by atoms with Gasteiger partial charge in [0.05, 0.1) is 7.11 Å². The molecule has 0 spiro atoms. The molecule has 0 amide bonds. The Morgan fingerprint density at radius 3 is 2.24 bits per heavy atom. The van der Waals surface area contributed by atoms with Gasteiger partial charge in [0.25, 0.3) is 0 Å². The molecule has 42 heavy (non-hydrogen) atoms. The summed E-state index contributed by atoms with van der Waals surface area (Å²) < 4.78 is 7.39. The monoisotopic (exact) mass is 580 g/mol. The van der Waals surface area contributed by atoms with Crippen molar-refractivity contribution in [2.45, 2.75) is 45.1 Å². The van der Waals surface area contributed by atoms with Crippen LogP contribution in [0.3, 0.4) is 0 Å². The molecule has 0 bridgehead atoms. The second-order valence-corrected chi connectivity index (χ2v) is 11.1. The number of ketones is 2. The van der Waals surface area contributed by atoms with Crippen LogP contribution < -0.4 is 4.74 Å². The normalized spacial score (nSPS) is 13.6. The Kier molecular flexibility index (Phi) is 8.73. The van der Waals surface area contributed by atoms with Crippen molar-refractivity contribution in [1.29, 1.82) is 0 Å². The van der Waals surface area contributed by atoms with E-state index in [1.54, 1.807) is 13.2 Å². The highest BCUT2D eigenvalue weighted by Crippen LogP contribution is 2.33. The molecule has 1 heterocycles. The van der Waals surface area contributed by atoms with Gasteiger partial charge in [0.1, 0.15) is 11.5 Å². The summed E-state index contributed by atoms with van der Waals surface area (Å²) in [6.07, 6.45) is 5.69. The van der Waals surface area contributed by atoms with E-state index >= 15 is 0 Å². The Hall–Kier alpha value is -4.43. The van der Waals surface area contributed by atoms with Crippen LogP contribution in [0.25, 0.3) is 21.8 Å². The van der Waals surface area contributed by atoms with Gasteiger partial charge in [-0.1, -0.05) is 17.3 Å². The van der Waals surface area contributed by atoms with E-state index in [0.29, 0.717) is 11.1 Å². The third-order valence-corrected chi connectivity index (χ3v) is 8.39. The van der Waals surface area contributed by atoms with Crippen molar-refractivity contribution >= 4 is 56.8 Å². The quantitative estimate of drug-likeness (QED) is 0.0632. The Labute approximate surface area is 248 Å². The van der Waals surface area contributed by atoms with E-state index in [1.165, 1.54) is 18.7 Å². The second-order valence-electron chi connectivity index (χ2n) is 10.1. The molecule has 0 saturated heterocycles. The number of carbonyl (C=O) groups excluding carboxylic acids is 3. The van der Waals surface area contributed by atoms with E-state index in [0.717, 1.165) is 63.0 Å². The fourth-order valence-corrected chi connectivity index (χ4v) is 6.04. The van der Waals surface area contributed by atoms with E-state index in [9.17, 15) is 14.4 Å². The number of aromatic nitrogens is 1. The summed E-state index contributed by atoms with van der Waals surface area (Å²) in [5, 5.41) is 5.70. The standard InChI is InChI=1S/C34H32N2O5S/c1-5-36-31-16-10-23(33(38)27-9-7-6-8-21(27)2)18-28(31)29-19-24(11-17-32(29)36)34(39)30(35-41-22(3)37)20-42-26-14-12-25(40-4)13-15-26/h6,8,10-19H,5,7,9,20H2,1-4H3/b35-30+. The summed E-state index contributed by atoms with van der Waals surface area (Å²) in [7, 11) is 1.60. The average molecular weight is 581 g/mol. The van der Waals surface area contributed by atoms with Crippen molar-refractivity contribution in [3.63, 3.8) is 0 Å². The lowest BCUT2D eigenvalue weighted by molar-refractivity contribution is -0.140. The molecule has 3 aromatic carbocycles. The molecule has 7 nitrogen and oxygen atoms in total. The predicted molar refractivity (Wildman–Crippen MR) is 168 cm³/mol. The van der Waals surface area contributed by atoms with Crippen molar-refractivity contribution in [2.75, 3.05) is 12.9 Å². The lowest BCUT2D eigenvalue weighted by Gasteiger charge is -2.12. The van der Waals surface area contributed by atoms with Crippen molar-refractivity contribution < 1.29 is 24.0 Å². The van der Waals surface area contributed by atoms with Crippen LogP contribution in [0.4, 0.5) is 0 Å². The summed E-state index contributed by atoms with van der Waals surface area (Å²) in [6, 6.07) is 18.8. The SMILES string of the molecule is CCn1c2ccc(C(=O)C3=C(C)C=CCC3)cc2c2cc(C(=O)/C(CSc3ccc(OC)cc3)=N/OC(C)=O)ccc21. The van der Waals surface area contributed by atoms with Crippen LogP contribution in [-0.2, 0) is 16.2 Å². The van der Waals surface area contributed by atoms with Crippen molar-refractivity contribution in [1.82, 2.24) is 4.57 Å². The van der Waals surface area contributed by atoms with Gasteiger partial charge in [-0.2, -0.15) is 0 Å². The highest BCUT2D eigenvalue weighted by molar-refractivity contribution is 8.00. The first-order chi connectivity index (χ1) is 20.3. The maximum atomic E-state index is 13.7. The minimum atomic E-state index is -0.604. The zero-order valence-corrected chi connectivity index (χ0v) is 24.9. The van der Waals surface area contributed by atoms with Gasteiger partial charge in [-0.15, -0.1) is 11.8 Å². The maximum Gasteiger partial charge on any atom is 0.331 e. The minimum absolute atomic E-state index is 0.0368. The molecule has 1 aromatic heterocycles. The van der Waals surface area contributed by atoms with Gasteiger partial charge in [-0.25, -0.2) is 4.79 Å². The number of hydrogen-bond donors (Lipinski definition) is 0. The first kappa shape index (κ1) is 29.1. The van der Waals surface area contributed by atoms with E-state index < -0.39 is 5.97 Å². The molecule has 8 heteroatoms. The highest BCUT2D eigenvalue weighted by Gasteiger charge is 2.21. The number of oxime groups is 1. The van der Waals surface area contributed by atoms with E-state index in [-0.39, 0.29) is 23.0 Å². The van der Waals surface area contributed by atoms with E-state index in [1.807, 2.05) is 67.6 Å². The van der Waals surface area contributed by atoms with Gasteiger partial charge in [0.15, 0.2) is 5.78 Å². The molecular formula is C34H32N2O5S. The van der Waals surface area contributed by atoms with Crippen LogP contribution in [0.15, 0.2) is 94.0 Å². The van der Waals surface area contributed by atoms with E-state index in [2.05, 4.69) is 22.7 Å². The number of rotatable bonds is 10. The summed E-state index contributed by atoms with van der Waals surface area (Å²) in [5.41, 5.74) is 4.98. The summed E-state index contributed by atoms with van der Waals surface area (Å²) in [4.78, 5) is 44.5. The smallest absolute Gasteiger partial charge is 0.331 e. The van der Waals surface area contributed by atoms with Crippen molar-refractivity contribution in [3.8, 4) is 5.75 Å². The Morgan fingerprint density at radius 1 is 0.952 bits per heavy atom. The zero-order valence-electron chi connectivity index (χ0n) is 24.1. The lowest BCUT2D eigenvalue weighted by atomic mass is 9.91. The third-order valence-electron chi connectivity index (χ3n) is 7.37. The molecule has 0 unspecified atom stereocenters. The molecule has 0 fully saturated rings. The Bertz CT molecular complexity index is 1790. The number of fused-ring (bicyclic) bond motifs is 3. The number of nitrogens with zero attached hydrogens (tertiary/aromatic N) is 2. The lowest BCUT2D eigenvalue weighted by Crippen LogP contribution is -2.18. The molecule has 0 atom stereocenters. The fourth-order valence-electron chi connectivity index (χ4n) is 5.22. The Balaban J connectivity index is 1.52. The molecule has 1 aliphatic rings. The van der Waals surface area contributed by atoms with Crippen LogP contribution >= 0.6 is 11.8 Å². The summed E-state index contributed by atoms with van der Waals surface area (Å²) in [5.74, 6) is 0.0333. The molecule has 0 aliphatic heterocycles. The fraction of sp³-hybridized carbons (Fsp3) is 0.235. The van der Waals surface area contributed by atoms with Gasteiger partial charge in [-0.05, 0) is 92.9 Å². The van der Waals surface area contributed by atoms with Crippen LogP contribution in [0.5, 0.6) is 5.75 Å². The van der Waals surface area contributed by atoms with Gasteiger partial charge in [0.2, 0.25) is 5.78 Å². The van der Waals surface area contributed by atoms with Gasteiger partial charge in [0, 0.05) is 62.6 Å². The zero-order chi connectivity index (χ0) is 29.8. The maximum absolute atomic E-state index is 13.7. The molecular weight excluding hydrogens is 548 g/mol. The number of Topliss-reactive ketones (excluding diaryl/α,β-unsaturated/α-hetero) is 2. The van der Waals surface area contributed by atoms with Gasteiger partial charge >= 0.3 is 5.97 Å². The molecule has 0 saturated carbocycles. The molecule has 0 radical (unpaired) electrons. The number of allylic oxidation sites excluding steroid dienone is 4. The third kappa shape index (κ3) is 5.94. The van der Waals surface area contributed by atoms with Crippen molar-refractivity contribution in [2.24, 2.45) is 5.16 Å². The molecule has 1 aliphatic carbocycles. The van der Waals surface area contributed by atoms with Crippen LogP contribution in [0.1, 0.15) is 54.3 Å². The number of ether oxygens (including phenoxy) is 1. The number of aryl methyl sites for hydroxylation is 1. The number of carbonyl (C=O) groups is 3. The number of methoxy groups -OCH3 is 1. The highest BCUT2D eigenvalue weighted by atomic mass is 32.2. The average Bonchev–Trinajstić information content (AvgIpc) is 3.33. The largest absolute Gasteiger partial charge is 0.497 e. The van der Waals surface area contributed by atoms with E-state index in [4.69, 9.17) is 9.57 Å². The number of thioether (sulfide) groups is 1. The first-order valence-corrected chi connectivity index (χ1v) is 14.8. The van der Waals surface area contributed by atoms with Crippen LogP contribution in [0, 0.1) is 0 Å². The molecule has 5 rings (SSSR count). The summed E-state index contributed by atoms with van der Waals surface area (Å²) >= 11 is 1.41. The minimum Gasteiger partial charge on any atom is -0.497 e. The van der Waals surface area contributed by atoms with Crippen LogP contribution in [-0.4, -0.2) is 40.7 Å². The number of benzene rings is 3. The van der Waals surface area contributed by atoms with Crippen LogP contribution in [0.2, 0.25) is 0 Å². The van der Waals surface area contributed by atoms with Gasteiger partial charge in [-0.3, -0.25) is 9.59 Å². The van der Waals surface area contributed by atoms with Crippen molar-refractivity contribution in [3.05, 3.63) is 95.1 Å². The second kappa shape index (κ2) is 12.6. The first-order valence-electron chi connectivity index (χ1n) is 13.8. The molecule has 4 aromatic rings. The summed E-state index contributed by atoms with van der Waals surface area (Å²) in [6.45, 7) is 6.02. The molecule has 214 valence electrons. The predicted octanol–water partition coefficient (Wildman–Crippen LogP) is 7.57. The number of hydrogen-bond acceptors (Lipinski definition) is 7. The topological polar surface area (TPSA) is 87.0 Å². The van der Waals surface area contributed by atoms with Gasteiger partial charge < -0.3 is 14.1 Å². The molecule has 0 N–H and O–H groups in total.